The van der Waals surface area contributed by atoms with E-state index in [1.807, 2.05) is 0 Å². The highest BCUT2D eigenvalue weighted by Gasteiger charge is 2.41. The number of benzene rings is 1. The van der Waals surface area contributed by atoms with Crippen molar-refractivity contribution in [3.63, 3.8) is 0 Å². The lowest BCUT2D eigenvalue weighted by molar-refractivity contribution is -0.122. The van der Waals surface area contributed by atoms with Crippen LogP contribution in [0.15, 0.2) is 23.1 Å². The molecule has 0 saturated heterocycles. The van der Waals surface area contributed by atoms with Crippen LogP contribution in [-0.2, 0) is 10.0 Å². The smallest absolute Gasteiger partial charge is 0.320 e. The Labute approximate surface area is 105 Å². The first kappa shape index (κ1) is 15.6. The van der Waals surface area contributed by atoms with Crippen molar-refractivity contribution in [2.45, 2.75) is 17.2 Å². The van der Waals surface area contributed by atoms with Crippen molar-refractivity contribution in [2.24, 2.45) is 0 Å². The summed E-state index contributed by atoms with van der Waals surface area (Å²) >= 11 is 0. The largest absolute Gasteiger partial charge is 0.398 e. The minimum absolute atomic E-state index is 0.520. The van der Waals surface area contributed by atoms with E-state index in [0.717, 1.165) is 12.1 Å². The molecule has 1 aromatic carbocycles. The van der Waals surface area contributed by atoms with Gasteiger partial charge in [-0.1, -0.05) is 0 Å². The molecule has 0 aliphatic rings. The van der Waals surface area contributed by atoms with Gasteiger partial charge in [0.1, 0.15) is 10.7 Å². The Morgan fingerprint density at radius 3 is 2.37 bits per heavy atom. The Bertz CT molecular complexity index is 562. The first-order valence-corrected chi connectivity index (χ1v) is 6.25. The number of nitrogen functional groups attached to an aromatic ring is 1. The van der Waals surface area contributed by atoms with Crippen molar-refractivity contribution >= 4 is 15.7 Å². The average molecular weight is 304 g/mol. The highest BCUT2D eigenvalue weighted by atomic mass is 32.2. The molecular formula is C9H9F5N2O2S. The van der Waals surface area contributed by atoms with Gasteiger partial charge in [-0.2, -0.15) is 8.78 Å². The second-order valence-corrected chi connectivity index (χ2v) is 5.30. The zero-order valence-corrected chi connectivity index (χ0v) is 10.0. The SMILES string of the molecule is Nc1cc(F)ccc1S(=O)(=O)NCC(F)(F)C(F)F. The van der Waals surface area contributed by atoms with Crippen molar-refractivity contribution in [3.8, 4) is 0 Å². The molecule has 0 aliphatic heterocycles. The maximum absolute atomic E-state index is 12.7. The van der Waals surface area contributed by atoms with E-state index in [1.165, 1.54) is 4.72 Å². The molecule has 0 aromatic heterocycles. The lowest BCUT2D eigenvalue weighted by Crippen LogP contribution is -2.41. The molecule has 0 aliphatic carbocycles. The van der Waals surface area contributed by atoms with E-state index in [1.54, 1.807) is 0 Å². The molecule has 0 unspecified atom stereocenters. The van der Waals surface area contributed by atoms with E-state index >= 15 is 0 Å². The normalized spacial score (nSPS) is 12.9. The van der Waals surface area contributed by atoms with Gasteiger partial charge in [0.05, 0.1) is 12.2 Å². The number of nitrogens with one attached hydrogen (secondary N) is 1. The summed E-state index contributed by atoms with van der Waals surface area (Å²) in [6.45, 7) is -1.79. The van der Waals surface area contributed by atoms with Crippen LogP contribution < -0.4 is 10.5 Å². The molecule has 1 rings (SSSR count). The van der Waals surface area contributed by atoms with E-state index < -0.39 is 45.3 Å². The van der Waals surface area contributed by atoms with Crippen LogP contribution in [0.5, 0.6) is 0 Å². The van der Waals surface area contributed by atoms with Crippen LogP contribution >= 0.6 is 0 Å². The first-order valence-electron chi connectivity index (χ1n) is 4.77. The predicted molar refractivity (Wildman–Crippen MR) is 57.0 cm³/mol. The van der Waals surface area contributed by atoms with E-state index in [2.05, 4.69) is 0 Å². The predicted octanol–water partition coefficient (Wildman–Crippen LogP) is 1.59. The third-order valence-electron chi connectivity index (χ3n) is 2.08. The molecule has 108 valence electrons. The number of halogens is 5. The summed E-state index contributed by atoms with van der Waals surface area (Å²) in [5.41, 5.74) is 4.69. The number of alkyl halides is 4. The molecule has 1 aromatic rings. The van der Waals surface area contributed by atoms with Crippen LogP contribution in [0.2, 0.25) is 0 Å². The lowest BCUT2D eigenvalue weighted by atomic mass is 10.3. The maximum Gasteiger partial charge on any atom is 0.320 e. The first-order chi connectivity index (χ1) is 8.56. The van der Waals surface area contributed by atoms with Crippen molar-refractivity contribution in [1.82, 2.24) is 4.72 Å². The second-order valence-electron chi connectivity index (χ2n) is 3.57. The third-order valence-corrected chi connectivity index (χ3v) is 3.55. The molecule has 3 N–H and O–H groups in total. The number of hydrogen-bond donors (Lipinski definition) is 2. The summed E-state index contributed by atoms with van der Waals surface area (Å²) in [6.07, 6.45) is -4.01. The average Bonchev–Trinajstić information content (AvgIpc) is 2.26. The maximum atomic E-state index is 12.7. The Morgan fingerprint density at radius 2 is 1.89 bits per heavy atom. The molecule has 0 fully saturated rings. The van der Waals surface area contributed by atoms with Crippen LogP contribution in [0, 0.1) is 5.82 Å². The topological polar surface area (TPSA) is 72.2 Å². The van der Waals surface area contributed by atoms with E-state index in [-0.39, 0.29) is 0 Å². The zero-order valence-electron chi connectivity index (χ0n) is 9.21. The lowest BCUT2D eigenvalue weighted by Gasteiger charge is -2.16. The summed E-state index contributed by atoms with van der Waals surface area (Å²) < 4.78 is 86.0. The minimum atomic E-state index is -4.53. The standard InChI is InChI=1S/C9H9F5N2O2S/c10-5-1-2-7(6(15)3-5)19(17,18)16-4-9(13,14)8(11)12/h1-3,8,16H,4,15H2. The summed E-state index contributed by atoms with van der Waals surface area (Å²) in [5, 5.41) is 0. The van der Waals surface area contributed by atoms with Gasteiger partial charge < -0.3 is 5.73 Å². The van der Waals surface area contributed by atoms with Crippen molar-refractivity contribution in [3.05, 3.63) is 24.0 Å². The molecule has 0 saturated carbocycles. The van der Waals surface area contributed by atoms with E-state index in [0.29, 0.717) is 6.07 Å². The van der Waals surface area contributed by atoms with Crippen molar-refractivity contribution in [2.75, 3.05) is 12.3 Å². The van der Waals surface area contributed by atoms with Gasteiger partial charge in [0.2, 0.25) is 10.0 Å². The monoisotopic (exact) mass is 304 g/mol. The number of rotatable bonds is 5. The Hall–Kier alpha value is -1.42. The number of sulfonamides is 1. The molecule has 0 spiro atoms. The second kappa shape index (κ2) is 5.29. The van der Waals surface area contributed by atoms with Gasteiger partial charge >= 0.3 is 12.3 Å². The molecular weight excluding hydrogens is 295 g/mol. The van der Waals surface area contributed by atoms with Crippen LogP contribution in [0.4, 0.5) is 27.6 Å². The third kappa shape index (κ3) is 3.77. The summed E-state index contributed by atoms with van der Waals surface area (Å²) in [4.78, 5) is -0.668. The van der Waals surface area contributed by atoms with Crippen LogP contribution in [0.25, 0.3) is 0 Å². The molecule has 19 heavy (non-hydrogen) atoms. The van der Waals surface area contributed by atoms with Gasteiger partial charge in [0.25, 0.3) is 0 Å². The van der Waals surface area contributed by atoms with Gasteiger partial charge in [-0.3, -0.25) is 0 Å². The summed E-state index contributed by atoms with van der Waals surface area (Å²) in [7, 11) is -4.53. The molecule has 0 bridgehead atoms. The van der Waals surface area contributed by atoms with Crippen molar-refractivity contribution in [1.29, 1.82) is 0 Å². The molecule has 0 amide bonds. The fraction of sp³-hybridized carbons (Fsp3) is 0.333. The Balaban J connectivity index is 2.94. The fourth-order valence-electron chi connectivity index (χ4n) is 1.11. The van der Waals surface area contributed by atoms with Gasteiger partial charge in [0.15, 0.2) is 0 Å². The molecule has 4 nitrogen and oxygen atoms in total. The Morgan fingerprint density at radius 1 is 1.32 bits per heavy atom. The van der Waals surface area contributed by atoms with E-state index in [4.69, 9.17) is 5.73 Å². The molecule has 0 radical (unpaired) electrons. The quantitative estimate of drug-likeness (QED) is 0.641. The zero-order chi connectivity index (χ0) is 14.8. The van der Waals surface area contributed by atoms with Gasteiger partial charge in [0, 0.05) is 0 Å². The minimum Gasteiger partial charge on any atom is -0.398 e. The highest BCUT2D eigenvalue weighted by Crippen LogP contribution is 2.24. The van der Waals surface area contributed by atoms with Crippen LogP contribution in [0.3, 0.4) is 0 Å². The highest BCUT2D eigenvalue weighted by molar-refractivity contribution is 7.89. The van der Waals surface area contributed by atoms with Gasteiger partial charge in [-0.15, -0.1) is 0 Å². The van der Waals surface area contributed by atoms with Crippen LogP contribution in [0.1, 0.15) is 0 Å². The summed E-state index contributed by atoms with van der Waals surface area (Å²) in [5.74, 6) is -5.34. The molecule has 10 heteroatoms. The van der Waals surface area contributed by atoms with Crippen LogP contribution in [-0.4, -0.2) is 27.3 Å². The summed E-state index contributed by atoms with van der Waals surface area (Å²) in [6, 6.07) is 2.16. The molecule has 0 heterocycles. The molecule has 0 atom stereocenters. The number of anilines is 1. The number of hydrogen-bond acceptors (Lipinski definition) is 3. The van der Waals surface area contributed by atoms with E-state index in [9.17, 15) is 30.4 Å². The number of nitrogens with two attached hydrogens (primary N) is 1. The van der Waals surface area contributed by atoms with Gasteiger partial charge in [-0.25, -0.2) is 26.3 Å². The fourth-order valence-corrected chi connectivity index (χ4v) is 2.26. The van der Waals surface area contributed by atoms with Gasteiger partial charge in [-0.05, 0) is 18.2 Å². The Kier molecular flexibility index (Phi) is 4.35. The van der Waals surface area contributed by atoms with Crippen molar-refractivity contribution < 1.29 is 30.4 Å².